The van der Waals surface area contributed by atoms with E-state index in [1.165, 1.54) is 0 Å². The van der Waals surface area contributed by atoms with E-state index in [9.17, 15) is 9.90 Å². The molecule has 0 aliphatic carbocycles. The van der Waals surface area contributed by atoms with Crippen molar-refractivity contribution < 1.29 is 19.4 Å². The number of benzene rings is 2. The Balaban J connectivity index is 2.66. The summed E-state index contributed by atoms with van der Waals surface area (Å²) in [6, 6.07) is 10.9. The van der Waals surface area contributed by atoms with Gasteiger partial charge < -0.3 is 14.6 Å². The fraction of sp³-hybridized carbons (Fsp3) is 0.316. The normalized spacial score (nSPS) is 11.2. The number of aromatic carboxylic acids is 1. The first-order chi connectivity index (χ1) is 10.8. The number of hydrogen-bond acceptors (Lipinski definition) is 3. The highest BCUT2D eigenvalue weighted by molar-refractivity contribution is 5.97. The molecular weight excluding hydrogens is 292 g/mol. The third kappa shape index (κ3) is 3.47. The van der Waals surface area contributed by atoms with Crippen LogP contribution in [0, 0.1) is 0 Å². The van der Waals surface area contributed by atoms with Crippen LogP contribution >= 0.6 is 0 Å². The van der Waals surface area contributed by atoms with Gasteiger partial charge in [0.1, 0.15) is 11.5 Å². The molecule has 0 atom stereocenters. The first-order valence-corrected chi connectivity index (χ1v) is 7.38. The van der Waals surface area contributed by atoms with Crippen molar-refractivity contribution in [2.45, 2.75) is 26.2 Å². The van der Waals surface area contributed by atoms with E-state index < -0.39 is 5.97 Å². The maximum absolute atomic E-state index is 11.7. The van der Waals surface area contributed by atoms with Gasteiger partial charge in [-0.2, -0.15) is 0 Å². The van der Waals surface area contributed by atoms with Crippen molar-refractivity contribution >= 4 is 5.97 Å². The molecule has 0 amide bonds. The van der Waals surface area contributed by atoms with Gasteiger partial charge in [-0.25, -0.2) is 4.79 Å². The van der Waals surface area contributed by atoms with Gasteiger partial charge in [0.05, 0.1) is 19.8 Å². The number of methoxy groups -OCH3 is 2. The van der Waals surface area contributed by atoms with E-state index in [0.29, 0.717) is 17.1 Å². The molecule has 2 aromatic carbocycles. The lowest BCUT2D eigenvalue weighted by molar-refractivity contribution is 0.0697. The second kappa shape index (κ2) is 6.32. The molecule has 0 aliphatic rings. The topological polar surface area (TPSA) is 55.8 Å². The molecule has 4 nitrogen and oxygen atoms in total. The van der Waals surface area contributed by atoms with Crippen LogP contribution < -0.4 is 9.47 Å². The average molecular weight is 314 g/mol. The standard InChI is InChI=1S/C19H22O4/c1-19(2,3)12-6-8-14(16(10-12)18(20)21)15-9-7-13(22-4)11-17(15)23-5/h6-11H,1-5H3,(H,20,21). The molecule has 2 rings (SSSR count). The predicted octanol–water partition coefficient (Wildman–Crippen LogP) is 4.37. The molecule has 4 heteroatoms. The Hall–Kier alpha value is -2.49. The third-order valence-electron chi connectivity index (χ3n) is 3.81. The molecule has 0 saturated heterocycles. The second-order valence-electron chi connectivity index (χ2n) is 6.38. The van der Waals surface area contributed by atoms with Crippen molar-refractivity contribution in [1.29, 1.82) is 0 Å². The summed E-state index contributed by atoms with van der Waals surface area (Å²) in [6.45, 7) is 6.17. The molecule has 0 aromatic heterocycles. The van der Waals surface area contributed by atoms with Crippen LogP contribution in [0.1, 0.15) is 36.7 Å². The van der Waals surface area contributed by atoms with Crippen LogP contribution in [0.2, 0.25) is 0 Å². The van der Waals surface area contributed by atoms with Crippen LogP contribution in [-0.4, -0.2) is 25.3 Å². The summed E-state index contributed by atoms with van der Waals surface area (Å²) >= 11 is 0. The highest BCUT2D eigenvalue weighted by Crippen LogP contribution is 2.37. The SMILES string of the molecule is COc1ccc(-c2ccc(C(C)(C)C)cc2C(=O)O)c(OC)c1. The van der Waals surface area contributed by atoms with Crippen molar-refractivity contribution in [1.82, 2.24) is 0 Å². The first-order valence-electron chi connectivity index (χ1n) is 7.38. The van der Waals surface area contributed by atoms with Gasteiger partial charge in [-0.1, -0.05) is 32.9 Å². The smallest absolute Gasteiger partial charge is 0.336 e. The Morgan fingerprint density at radius 2 is 1.61 bits per heavy atom. The van der Waals surface area contributed by atoms with E-state index in [1.807, 2.05) is 18.2 Å². The summed E-state index contributed by atoms with van der Waals surface area (Å²) < 4.78 is 10.6. The van der Waals surface area contributed by atoms with E-state index in [1.54, 1.807) is 32.4 Å². The number of carboxylic acid groups (broad SMARTS) is 1. The number of hydrogen-bond donors (Lipinski definition) is 1. The van der Waals surface area contributed by atoms with Gasteiger partial charge in [0.25, 0.3) is 0 Å². The van der Waals surface area contributed by atoms with E-state index >= 15 is 0 Å². The van der Waals surface area contributed by atoms with E-state index in [0.717, 1.165) is 11.1 Å². The van der Waals surface area contributed by atoms with Gasteiger partial charge in [-0.15, -0.1) is 0 Å². The Kier molecular flexibility index (Phi) is 4.64. The van der Waals surface area contributed by atoms with Crippen molar-refractivity contribution in [3.8, 4) is 22.6 Å². The molecule has 122 valence electrons. The molecule has 0 unspecified atom stereocenters. The van der Waals surface area contributed by atoms with Gasteiger partial charge in [0.2, 0.25) is 0 Å². The van der Waals surface area contributed by atoms with Gasteiger partial charge >= 0.3 is 5.97 Å². The molecule has 1 N–H and O–H groups in total. The van der Waals surface area contributed by atoms with Gasteiger partial charge in [0.15, 0.2) is 0 Å². The Morgan fingerprint density at radius 3 is 2.13 bits per heavy atom. The minimum absolute atomic E-state index is 0.118. The molecule has 0 bridgehead atoms. The maximum atomic E-state index is 11.7. The molecule has 0 saturated carbocycles. The number of carboxylic acids is 1. The van der Waals surface area contributed by atoms with E-state index in [4.69, 9.17) is 9.47 Å². The zero-order valence-corrected chi connectivity index (χ0v) is 14.1. The zero-order chi connectivity index (χ0) is 17.2. The summed E-state index contributed by atoms with van der Waals surface area (Å²) in [5, 5.41) is 9.62. The second-order valence-corrected chi connectivity index (χ2v) is 6.38. The van der Waals surface area contributed by atoms with Crippen LogP contribution in [-0.2, 0) is 5.41 Å². The molecule has 2 aromatic rings. The van der Waals surface area contributed by atoms with Crippen molar-refractivity contribution in [2.75, 3.05) is 14.2 Å². The molecule has 23 heavy (non-hydrogen) atoms. The monoisotopic (exact) mass is 314 g/mol. The van der Waals surface area contributed by atoms with Crippen molar-refractivity contribution in [3.05, 3.63) is 47.5 Å². The summed E-state index contributed by atoms with van der Waals surface area (Å²) in [5.41, 5.74) is 2.48. The van der Waals surface area contributed by atoms with Crippen molar-refractivity contribution in [2.24, 2.45) is 0 Å². The van der Waals surface area contributed by atoms with Crippen LogP contribution in [0.3, 0.4) is 0 Å². The van der Waals surface area contributed by atoms with E-state index in [2.05, 4.69) is 20.8 Å². The summed E-state index contributed by atoms with van der Waals surface area (Å²) in [6.07, 6.45) is 0. The summed E-state index contributed by atoms with van der Waals surface area (Å²) in [7, 11) is 3.14. The molecule has 0 heterocycles. The molecular formula is C19H22O4. The number of ether oxygens (including phenoxy) is 2. The average Bonchev–Trinajstić information content (AvgIpc) is 2.52. The highest BCUT2D eigenvalue weighted by atomic mass is 16.5. The lowest BCUT2D eigenvalue weighted by Gasteiger charge is -2.21. The van der Waals surface area contributed by atoms with Crippen LogP contribution in [0.5, 0.6) is 11.5 Å². The Morgan fingerprint density at radius 1 is 0.957 bits per heavy atom. The minimum Gasteiger partial charge on any atom is -0.497 e. The minimum atomic E-state index is -0.955. The van der Waals surface area contributed by atoms with Gasteiger partial charge in [-0.3, -0.25) is 0 Å². The van der Waals surface area contributed by atoms with Gasteiger partial charge in [0, 0.05) is 11.6 Å². The lowest BCUT2D eigenvalue weighted by Crippen LogP contribution is -2.13. The summed E-state index contributed by atoms with van der Waals surface area (Å²) in [4.78, 5) is 11.7. The van der Waals surface area contributed by atoms with Gasteiger partial charge in [-0.05, 0) is 34.7 Å². The zero-order valence-electron chi connectivity index (χ0n) is 14.1. The molecule has 0 radical (unpaired) electrons. The third-order valence-corrected chi connectivity index (χ3v) is 3.81. The number of rotatable bonds is 4. The van der Waals surface area contributed by atoms with Crippen LogP contribution in [0.25, 0.3) is 11.1 Å². The van der Waals surface area contributed by atoms with Crippen LogP contribution in [0.15, 0.2) is 36.4 Å². The number of carbonyl (C=O) groups is 1. The van der Waals surface area contributed by atoms with Crippen molar-refractivity contribution in [3.63, 3.8) is 0 Å². The Labute approximate surface area is 136 Å². The first kappa shape index (κ1) is 16.9. The quantitative estimate of drug-likeness (QED) is 0.910. The lowest BCUT2D eigenvalue weighted by atomic mass is 9.84. The molecule has 0 spiro atoms. The van der Waals surface area contributed by atoms with E-state index in [-0.39, 0.29) is 11.0 Å². The largest absolute Gasteiger partial charge is 0.497 e. The van der Waals surface area contributed by atoms with Crippen LogP contribution in [0.4, 0.5) is 0 Å². The predicted molar refractivity (Wildman–Crippen MR) is 90.6 cm³/mol. The fourth-order valence-corrected chi connectivity index (χ4v) is 2.44. The Bertz CT molecular complexity index is 727. The molecule has 0 fully saturated rings. The highest BCUT2D eigenvalue weighted by Gasteiger charge is 2.20. The fourth-order valence-electron chi connectivity index (χ4n) is 2.44. The summed E-state index contributed by atoms with van der Waals surface area (Å²) in [5.74, 6) is 0.285. The maximum Gasteiger partial charge on any atom is 0.336 e. The molecule has 0 aliphatic heterocycles.